The maximum Gasteiger partial charge on any atom is 0.130 e. The molecule has 0 unspecified atom stereocenters. The van der Waals surface area contributed by atoms with E-state index in [1.165, 1.54) is 0 Å². The van der Waals surface area contributed by atoms with Gasteiger partial charge in [0.25, 0.3) is 0 Å². The smallest absolute Gasteiger partial charge is 0.130 e. The topological polar surface area (TPSA) is 31.4 Å². The molecule has 2 rings (SSSR count). The summed E-state index contributed by atoms with van der Waals surface area (Å²) >= 11 is 5.96. The molecule has 0 atom stereocenters. The zero-order valence-electron chi connectivity index (χ0n) is 12.4. The lowest BCUT2D eigenvalue weighted by Crippen LogP contribution is -2.02. The van der Waals surface area contributed by atoms with Gasteiger partial charge in [0.15, 0.2) is 0 Å². The SMILES string of the molecule is CCCOc1ccc(CCl)c(OCc2cccc(C)n2)c1. The van der Waals surface area contributed by atoms with Crippen molar-refractivity contribution in [3.63, 3.8) is 0 Å². The predicted molar refractivity (Wildman–Crippen MR) is 85.1 cm³/mol. The van der Waals surface area contributed by atoms with Crippen molar-refractivity contribution in [2.45, 2.75) is 32.8 Å². The van der Waals surface area contributed by atoms with Crippen LogP contribution in [0, 0.1) is 6.92 Å². The number of hydrogen-bond acceptors (Lipinski definition) is 3. The van der Waals surface area contributed by atoms with E-state index >= 15 is 0 Å². The number of pyridine rings is 1. The summed E-state index contributed by atoms with van der Waals surface area (Å²) in [4.78, 5) is 4.43. The van der Waals surface area contributed by atoms with Crippen LogP contribution in [0.25, 0.3) is 0 Å². The van der Waals surface area contributed by atoms with Gasteiger partial charge in [0.05, 0.1) is 18.2 Å². The number of hydrogen-bond donors (Lipinski definition) is 0. The Morgan fingerprint density at radius 3 is 2.71 bits per heavy atom. The second-order valence-corrected chi connectivity index (χ2v) is 5.08. The summed E-state index contributed by atoms with van der Waals surface area (Å²) in [6.07, 6.45) is 0.973. The normalized spacial score (nSPS) is 10.4. The summed E-state index contributed by atoms with van der Waals surface area (Å²) in [5.74, 6) is 1.96. The van der Waals surface area contributed by atoms with Gasteiger partial charge in [0, 0.05) is 17.3 Å². The fourth-order valence-electron chi connectivity index (χ4n) is 1.92. The fraction of sp³-hybridized carbons (Fsp3) is 0.353. The molecule has 21 heavy (non-hydrogen) atoms. The third-order valence-electron chi connectivity index (χ3n) is 2.98. The van der Waals surface area contributed by atoms with Crippen molar-refractivity contribution in [3.05, 3.63) is 53.3 Å². The van der Waals surface area contributed by atoms with Gasteiger partial charge in [-0.2, -0.15) is 0 Å². The number of ether oxygens (including phenoxy) is 2. The third kappa shape index (κ3) is 4.64. The van der Waals surface area contributed by atoms with Gasteiger partial charge >= 0.3 is 0 Å². The Morgan fingerprint density at radius 1 is 1.14 bits per heavy atom. The molecular weight excluding hydrogens is 286 g/mol. The summed E-state index contributed by atoms with van der Waals surface area (Å²) in [5.41, 5.74) is 2.83. The van der Waals surface area contributed by atoms with E-state index < -0.39 is 0 Å². The van der Waals surface area contributed by atoms with Crippen LogP contribution in [0.15, 0.2) is 36.4 Å². The predicted octanol–water partition coefficient (Wildman–Crippen LogP) is 4.50. The molecule has 0 N–H and O–H groups in total. The first-order chi connectivity index (χ1) is 10.2. The summed E-state index contributed by atoms with van der Waals surface area (Å²) in [5, 5.41) is 0. The van der Waals surface area contributed by atoms with Gasteiger partial charge in [-0.3, -0.25) is 4.98 Å². The Kier molecular flexibility index (Phi) is 5.88. The first-order valence-corrected chi connectivity index (χ1v) is 7.63. The number of aromatic nitrogens is 1. The monoisotopic (exact) mass is 305 g/mol. The van der Waals surface area contributed by atoms with E-state index in [1.54, 1.807) is 0 Å². The summed E-state index contributed by atoms with van der Waals surface area (Å²) in [6.45, 7) is 5.16. The van der Waals surface area contributed by atoms with E-state index in [4.69, 9.17) is 21.1 Å². The molecule has 0 aliphatic rings. The summed E-state index contributed by atoms with van der Waals surface area (Å²) in [7, 11) is 0. The van der Waals surface area contributed by atoms with E-state index in [1.807, 2.05) is 43.3 Å². The van der Waals surface area contributed by atoms with Crippen molar-refractivity contribution < 1.29 is 9.47 Å². The molecule has 0 spiro atoms. The Morgan fingerprint density at radius 2 is 2.00 bits per heavy atom. The molecule has 2 aromatic rings. The molecule has 112 valence electrons. The van der Waals surface area contributed by atoms with Crippen LogP contribution < -0.4 is 9.47 Å². The number of rotatable bonds is 7. The Hall–Kier alpha value is -1.74. The second kappa shape index (κ2) is 7.89. The molecule has 0 saturated carbocycles. The lowest BCUT2D eigenvalue weighted by Gasteiger charge is -2.12. The van der Waals surface area contributed by atoms with Crippen molar-refractivity contribution in [1.82, 2.24) is 4.98 Å². The Bertz CT molecular complexity index is 587. The molecular formula is C17H20ClNO2. The highest BCUT2D eigenvalue weighted by atomic mass is 35.5. The van der Waals surface area contributed by atoms with E-state index in [2.05, 4.69) is 11.9 Å². The highest BCUT2D eigenvalue weighted by Crippen LogP contribution is 2.27. The van der Waals surface area contributed by atoms with E-state index in [0.29, 0.717) is 19.1 Å². The highest BCUT2D eigenvalue weighted by Gasteiger charge is 2.06. The number of alkyl halides is 1. The maximum absolute atomic E-state index is 5.96. The highest BCUT2D eigenvalue weighted by molar-refractivity contribution is 6.17. The molecule has 0 saturated heterocycles. The van der Waals surface area contributed by atoms with Crippen LogP contribution in [0.5, 0.6) is 11.5 Å². The van der Waals surface area contributed by atoms with Gasteiger partial charge in [-0.1, -0.05) is 19.1 Å². The number of benzene rings is 1. The fourth-order valence-corrected chi connectivity index (χ4v) is 2.14. The zero-order valence-corrected chi connectivity index (χ0v) is 13.2. The van der Waals surface area contributed by atoms with Crippen LogP contribution in [0.3, 0.4) is 0 Å². The minimum Gasteiger partial charge on any atom is -0.493 e. The first-order valence-electron chi connectivity index (χ1n) is 7.10. The second-order valence-electron chi connectivity index (χ2n) is 4.81. The molecule has 1 heterocycles. The van der Waals surface area contributed by atoms with Crippen molar-refractivity contribution >= 4 is 11.6 Å². The van der Waals surface area contributed by atoms with Crippen LogP contribution in [-0.2, 0) is 12.5 Å². The number of halogens is 1. The largest absolute Gasteiger partial charge is 0.493 e. The average Bonchev–Trinajstić information content (AvgIpc) is 2.51. The van der Waals surface area contributed by atoms with Gasteiger partial charge in [-0.25, -0.2) is 0 Å². The average molecular weight is 306 g/mol. The minimum absolute atomic E-state index is 0.407. The number of aryl methyl sites for hydroxylation is 1. The molecule has 1 aromatic carbocycles. The molecule has 4 heteroatoms. The van der Waals surface area contributed by atoms with Gasteiger partial charge in [0.2, 0.25) is 0 Å². The number of nitrogens with zero attached hydrogens (tertiary/aromatic N) is 1. The molecule has 3 nitrogen and oxygen atoms in total. The molecule has 0 amide bonds. The lowest BCUT2D eigenvalue weighted by molar-refractivity contribution is 0.289. The van der Waals surface area contributed by atoms with Crippen LogP contribution in [0.2, 0.25) is 0 Å². The van der Waals surface area contributed by atoms with Gasteiger partial charge in [-0.05, 0) is 31.5 Å². The molecule has 0 aliphatic heterocycles. The van der Waals surface area contributed by atoms with Crippen LogP contribution in [-0.4, -0.2) is 11.6 Å². The maximum atomic E-state index is 5.96. The van der Waals surface area contributed by atoms with Gasteiger partial charge < -0.3 is 9.47 Å². The molecule has 0 aliphatic carbocycles. The van der Waals surface area contributed by atoms with Crippen LogP contribution in [0.4, 0.5) is 0 Å². The van der Waals surface area contributed by atoms with Gasteiger partial charge in [-0.15, -0.1) is 11.6 Å². The lowest BCUT2D eigenvalue weighted by atomic mass is 10.2. The van der Waals surface area contributed by atoms with Crippen molar-refractivity contribution in [1.29, 1.82) is 0 Å². The Labute approximate surface area is 130 Å². The standard InChI is InChI=1S/C17H20ClNO2/c1-3-9-20-16-8-7-14(11-18)17(10-16)21-12-15-6-4-5-13(2)19-15/h4-8,10H,3,9,11-12H2,1-2H3. The van der Waals surface area contributed by atoms with Crippen molar-refractivity contribution in [2.24, 2.45) is 0 Å². The molecule has 1 aromatic heterocycles. The van der Waals surface area contributed by atoms with E-state index in [0.717, 1.165) is 34.9 Å². The quantitative estimate of drug-likeness (QED) is 0.706. The van der Waals surface area contributed by atoms with Gasteiger partial charge in [0.1, 0.15) is 18.1 Å². The van der Waals surface area contributed by atoms with Crippen LogP contribution >= 0.6 is 11.6 Å². The zero-order chi connectivity index (χ0) is 15.1. The molecule has 0 bridgehead atoms. The third-order valence-corrected chi connectivity index (χ3v) is 3.26. The van der Waals surface area contributed by atoms with Crippen molar-refractivity contribution in [3.8, 4) is 11.5 Å². The minimum atomic E-state index is 0.407. The Balaban J connectivity index is 2.09. The van der Waals surface area contributed by atoms with Crippen molar-refractivity contribution in [2.75, 3.05) is 6.61 Å². The first kappa shape index (κ1) is 15.6. The van der Waals surface area contributed by atoms with Crippen LogP contribution in [0.1, 0.15) is 30.3 Å². The summed E-state index contributed by atoms with van der Waals surface area (Å²) in [6, 6.07) is 11.6. The molecule has 0 fully saturated rings. The van der Waals surface area contributed by atoms with E-state index in [-0.39, 0.29) is 0 Å². The summed E-state index contributed by atoms with van der Waals surface area (Å²) < 4.78 is 11.5. The molecule has 0 radical (unpaired) electrons. The van der Waals surface area contributed by atoms with E-state index in [9.17, 15) is 0 Å².